The van der Waals surface area contributed by atoms with Crippen LogP contribution in [0.2, 0.25) is 0 Å². The minimum atomic E-state index is -0.428. The number of rotatable bonds is 3. The lowest BCUT2D eigenvalue weighted by Gasteiger charge is -2.39. The Labute approximate surface area is 106 Å². The molecule has 0 radical (unpaired) electrons. The Hall–Kier alpha value is -1.69. The molecular weight excluding hydrogens is 232 g/mol. The van der Waals surface area contributed by atoms with Crippen molar-refractivity contribution in [1.29, 1.82) is 0 Å². The van der Waals surface area contributed by atoms with Gasteiger partial charge in [0.25, 0.3) is 0 Å². The number of piperidine rings is 1. The molecule has 1 saturated heterocycles. The minimum absolute atomic E-state index is 0.00916. The summed E-state index contributed by atoms with van der Waals surface area (Å²) in [7, 11) is 0. The molecule has 18 heavy (non-hydrogen) atoms. The molecule has 2 rings (SSSR count). The number of hydrogen-bond acceptors (Lipinski definition) is 5. The quantitative estimate of drug-likeness (QED) is 0.651. The monoisotopic (exact) mass is 250 g/mol. The molecule has 98 valence electrons. The third-order valence-electron chi connectivity index (χ3n) is 3.40. The summed E-state index contributed by atoms with van der Waals surface area (Å²) in [6.07, 6.45) is 4.59. The van der Waals surface area contributed by atoms with Crippen LogP contribution >= 0.6 is 0 Å². The number of nitrogens with zero attached hydrogens (tertiary/aromatic N) is 3. The highest BCUT2D eigenvalue weighted by Gasteiger charge is 2.30. The average molecular weight is 250 g/mol. The summed E-state index contributed by atoms with van der Waals surface area (Å²) in [6.45, 7) is 2.75. The van der Waals surface area contributed by atoms with Crippen LogP contribution in [0.3, 0.4) is 0 Å². The molecule has 0 bridgehead atoms. The first kappa shape index (κ1) is 12.8. The molecule has 1 aliphatic heterocycles. The summed E-state index contributed by atoms with van der Waals surface area (Å²) in [5.41, 5.74) is 6.58. The van der Waals surface area contributed by atoms with Crippen LogP contribution in [0, 0.1) is 10.1 Å². The van der Waals surface area contributed by atoms with Crippen LogP contribution in [0.5, 0.6) is 0 Å². The fourth-order valence-corrected chi connectivity index (χ4v) is 2.56. The molecule has 2 heterocycles. The Morgan fingerprint density at radius 1 is 1.61 bits per heavy atom. The Kier molecular flexibility index (Phi) is 3.76. The fourth-order valence-electron chi connectivity index (χ4n) is 2.56. The largest absolute Gasteiger partial charge is 0.387 e. The van der Waals surface area contributed by atoms with Gasteiger partial charge in [0, 0.05) is 18.6 Å². The smallest absolute Gasteiger partial charge is 0.360 e. The van der Waals surface area contributed by atoms with Gasteiger partial charge in [-0.15, -0.1) is 0 Å². The topological polar surface area (TPSA) is 85.3 Å². The normalized spacial score (nSPS) is 21.7. The van der Waals surface area contributed by atoms with Crippen molar-refractivity contribution in [2.45, 2.75) is 38.3 Å². The van der Waals surface area contributed by atoms with E-state index in [0.717, 1.165) is 25.8 Å². The molecule has 2 atom stereocenters. The lowest BCUT2D eigenvalue weighted by molar-refractivity contribution is -0.388. The molecule has 2 N–H and O–H groups in total. The summed E-state index contributed by atoms with van der Waals surface area (Å²) in [5, 5.41) is 11.0. The van der Waals surface area contributed by atoms with Gasteiger partial charge in [0.05, 0.1) is 0 Å². The maximum atomic E-state index is 11.0. The van der Waals surface area contributed by atoms with Crippen molar-refractivity contribution in [3.63, 3.8) is 0 Å². The molecule has 0 aromatic carbocycles. The van der Waals surface area contributed by atoms with Gasteiger partial charge in [-0.25, -0.2) is 0 Å². The van der Waals surface area contributed by atoms with Crippen LogP contribution in [-0.4, -0.2) is 28.5 Å². The maximum absolute atomic E-state index is 11.0. The van der Waals surface area contributed by atoms with Crippen molar-refractivity contribution in [3.8, 4) is 0 Å². The molecule has 6 nitrogen and oxygen atoms in total. The van der Waals surface area contributed by atoms with Gasteiger partial charge in [0.1, 0.15) is 11.9 Å². The molecule has 1 fully saturated rings. The van der Waals surface area contributed by atoms with Crippen molar-refractivity contribution in [2.24, 2.45) is 5.73 Å². The molecule has 6 heteroatoms. The summed E-state index contributed by atoms with van der Waals surface area (Å²) < 4.78 is 0. The molecule has 0 aliphatic carbocycles. The van der Waals surface area contributed by atoms with E-state index < -0.39 is 4.92 Å². The number of nitro groups is 1. The zero-order valence-electron chi connectivity index (χ0n) is 10.5. The first-order valence-electron chi connectivity index (χ1n) is 6.23. The SMILES string of the molecule is CC(N)C1CCCCN1c1cccnc1[N+](=O)[O-]. The van der Waals surface area contributed by atoms with E-state index in [-0.39, 0.29) is 17.9 Å². The first-order chi connectivity index (χ1) is 8.61. The van der Waals surface area contributed by atoms with Gasteiger partial charge < -0.3 is 20.7 Å². The van der Waals surface area contributed by atoms with E-state index in [1.54, 1.807) is 12.1 Å². The van der Waals surface area contributed by atoms with Crippen LogP contribution in [0.4, 0.5) is 11.5 Å². The Balaban J connectivity index is 2.36. The van der Waals surface area contributed by atoms with Crippen LogP contribution in [0.1, 0.15) is 26.2 Å². The van der Waals surface area contributed by atoms with Crippen LogP contribution < -0.4 is 10.6 Å². The van der Waals surface area contributed by atoms with Gasteiger partial charge in [-0.3, -0.25) is 0 Å². The van der Waals surface area contributed by atoms with Crippen molar-refractivity contribution in [2.75, 3.05) is 11.4 Å². The third kappa shape index (κ3) is 2.43. The van der Waals surface area contributed by atoms with E-state index in [1.807, 2.05) is 11.8 Å². The Morgan fingerprint density at radius 3 is 3.06 bits per heavy atom. The molecule has 1 aromatic rings. The van der Waals surface area contributed by atoms with E-state index >= 15 is 0 Å². The van der Waals surface area contributed by atoms with Crippen molar-refractivity contribution in [3.05, 3.63) is 28.4 Å². The number of anilines is 1. The first-order valence-corrected chi connectivity index (χ1v) is 6.23. The van der Waals surface area contributed by atoms with Gasteiger partial charge in [-0.1, -0.05) is 0 Å². The lowest BCUT2D eigenvalue weighted by atomic mass is 9.96. The standard InChI is InChI=1S/C12H18N4O2/c1-9(13)10-5-2-3-8-15(10)11-6-4-7-14-12(11)16(17)18/h4,6-7,9-10H,2-3,5,8,13H2,1H3. The molecule has 1 aromatic heterocycles. The zero-order valence-corrected chi connectivity index (χ0v) is 10.5. The van der Waals surface area contributed by atoms with Crippen molar-refractivity contribution in [1.82, 2.24) is 4.98 Å². The predicted molar refractivity (Wildman–Crippen MR) is 69.5 cm³/mol. The van der Waals surface area contributed by atoms with Crippen LogP contribution in [0.25, 0.3) is 0 Å². The van der Waals surface area contributed by atoms with E-state index in [1.165, 1.54) is 6.20 Å². The van der Waals surface area contributed by atoms with E-state index in [2.05, 4.69) is 4.98 Å². The number of pyridine rings is 1. The van der Waals surface area contributed by atoms with E-state index in [9.17, 15) is 10.1 Å². The van der Waals surface area contributed by atoms with Crippen LogP contribution in [-0.2, 0) is 0 Å². The highest BCUT2D eigenvalue weighted by Crippen LogP contribution is 2.31. The van der Waals surface area contributed by atoms with Gasteiger partial charge in [0.15, 0.2) is 0 Å². The highest BCUT2D eigenvalue weighted by molar-refractivity contribution is 5.60. The maximum Gasteiger partial charge on any atom is 0.387 e. The molecule has 0 amide bonds. The molecule has 2 unspecified atom stereocenters. The zero-order chi connectivity index (χ0) is 13.1. The number of nitrogens with two attached hydrogens (primary N) is 1. The summed E-state index contributed by atoms with van der Waals surface area (Å²) in [6, 6.07) is 3.63. The number of aromatic nitrogens is 1. The van der Waals surface area contributed by atoms with E-state index in [0.29, 0.717) is 5.69 Å². The second-order valence-corrected chi connectivity index (χ2v) is 4.72. The molecule has 0 spiro atoms. The van der Waals surface area contributed by atoms with Crippen molar-refractivity contribution >= 4 is 11.5 Å². The van der Waals surface area contributed by atoms with Gasteiger partial charge in [-0.2, -0.15) is 0 Å². The average Bonchev–Trinajstić information content (AvgIpc) is 2.38. The molecule has 1 aliphatic rings. The Morgan fingerprint density at radius 2 is 2.39 bits per heavy atom. The van der Waals surface area contributed by atoms with Gasteiger partial charge in [0.2, 0.25) is 0 Å². The second-order valence-electron chi connectivity index (χ2n) is 4.72. The summed E-state index contributed by atoms with van der Waals surface area (Å²) in [5.74, 6) is -0.0787. The lowest BCUT2D eigenvalue weighted by Crippen LogP contribution is -2.49. The molecule has 0 saturated carbocycles. The van der Waals surface area contributed by atoms with Crippen LogP contribution in [0.15, 0.2) is 18.3 Å². The van der Waals surface area contributed by atoms with Gasteiger partial charge >= 0.3 is 5.82 Å². The summed E-state index contributed by atoms with van der Waals surface area (Å²) in [4.78, 5) is 16.5. The predicted octanol–water partition coefficient (Wildman–Crippen LogP) is 1.70. The highest BCUT2D eigenvalue weighted by atomic mass is 16.6. The molecular formula is C12H18N4O2. The van der Waals surface area contributed by atoms with Gasteiger partial charge in [-0.05, 0) is 48.2 Å². The minimum Gasteiger partial charge on any atom is -0.360 e. The van der Waals surface area contributed by atoms with Crippen molar-refractivity contribution < 1.29 is 4.92 Å². The third-order valence-corrected chi connectivity index (χ3v) is 3.40. The number of hydrogen-bond donors (Lipinski definition) is 1. The van der Waals surface area contributed by atoms with E-state index in [4.69, 9.17) is 5.73 Å². The Bertz CT molecular complexity index is 436. The fraction of sp³-hybridized carbons (Fsp3) is 0.583. The summed E-state index contributed by atoms with van der Waals surface area (Å²) >= 11 is 0. The second kappa shape index (κ2) is 5.30.